The number of carbonyl (C=O) groups is 3. The maximum Gasteiger partial charge on any atom is 0.329 e. The third-order valence-corrected chi connectivity index (χ3v) is 6.22. The summed E-state index contributed by atoms with van der Waals surface area (Å²) in [5.74, 6) is -0.629. The first-order valence-electron chi connectivity index (χ1n) is 11.9. The summed E-state index contributed by atoms with van der Waals surface area (Å²) in [6.45, 7) is 0.346. The number of nitrogens with one attached hydrogen (secondary N) is 3. The van der Waals surface area contributed by atoms with Gasteiger partial charge in [0.15, 0.2) is 18.1 Å². The van der Waals surface area contributed by atoms with Crippen LogP contribution in [0.3, 0.4) is 0 Å². The molecule has 3 aromatic carbocycles. The molecule has 0 saturated carbocycles. The van der Waals surface area contributed by atoms with Gasteiger partial charge in [-0.1, -0.05) is 29.8 Å². The molecule has 0 bridgehead atoms. The van der Waals surface area contributed by atoms with E-state index in [2.05, 4.69) is 15.6 Å². The number of amides is 2. The average molecular weight is 534 g/mol. The van der Waals surface area contributed by atoms with Gasteiger partial charge in [0.1, 0.15) is 19.3 Å². The van der Waals surface area contributed by atoms with E-state index in [1.165, 1.54) is 0 Å². The minimum Gasteiger partial charge on any atom is -0.486 e. The van der Waals surface area contributed by atoms with Crippen molar-refractivity contribution in [2.45, 2.75) is 12.5 Å². The number of carbonyl (C=O) groups excluding carboxylic acids is 3. The third-order valence-electron chi connectivity index (χ3n) is 5.97. The predicted molar refractivity (Wildman–Crippen MR) is 142 cm³/mol. The fourth-order valence-corrected chi connectivity index (χ4v) is 4.24. The highest BCUT2D eigenvalue weighted by Crippen LogP contribution is 2.32. The maximum absolute atomic E-state index is 13.1. The van der Waals surface area contributed by atoms with E-state index in [1.54, 1.807) is 48.7 Å². The van der Waals surface area contributed by atoms with Crippen molar-refractivity contribution in [1.82, 2.24) is 10.3 Å². The predicted octanol–water partition coefficient (Wildman–Crippen LogP) is 4.12. The van der Waals surface area contributed by atoms with Crippen molar-refractivity contribution in [2.24, 2.45) is 0 Å². The molecule has 3 N–H and O–H groups in total. The van der Waals surface area contributed by atoms with Gasteiger partial charge in [0, 0.05) is 45.9 Å². The van der Waals surface area contributed by atoms with Gasteiger partial charge in [-0.05, 0) is 48.0 Å². The van der Waals surface area contributed by atoms with Crippen LogP contribution in [0.2, 0.25) is 5.02 Å². The van der Waals surface area contributed by atoms with Crippen molar-refractivity contribution in [2.75, 3.05) is 25.1 Å². The molecule has 0 spiro atoms. The van der Waals surface area contributed by atoms with E-state index in [-0.39, 0.29) is 6.42 Å². The Balaban J connectivity index is 1.26. The van der Waals surface area contributed by atoms with Crippen LogP contribution in [0.15, 0.2) is 72.9 Å². The van der Waals surface area contributed by atoms with Crippen molar-refractivity contribution in [3.8, 4) is 11.5 Å². The Hall–Kier alpha value is -4.50. The van der Waals surface area contributed by atoms with Gasteiger partial charge in [-0.2, -0.15) is 0 Å². The molecule has 1 unspecified atom stereocenters. The van der Waals surface area contributed by atoms with E-state index in [9.17, 15) is 14.4 Å². The molecule has 4 aromatic rings. The lowest BCUT2D eigenvalue weighted by atomic mass is 10.0. The zero-order valence-corrected chi connectivity index (χ0v) is 20.9. The maximum atomic E-state index is 13.1. The summed E-state index contributed by atoms with van der Waals surface area (Å²) in [4.78, 5) is 41.6. The van der Waals surface area contributed by atoms with Crippen LogP contribution in [0, 0.1) is 0 Å². The molecule has 0 saturated heterocycles. The zero-order chi connectivity index (χ0) is 26.5. The molecule has 1 atom stereocenters. The fraction of sp³-hybridized carbons (Fsp3) is 0.179. The number of hydrogen-bond acceptors (Lipinski definition) is 6. The average Bonchev–Trinajstić information content (AvgIpc) is 3.34. The summed E-state index contributed by atoms with van der Waals surface area (Å²) in [5, 5.41) is 6.81. The second-order valence-corrected chi connectivity index (χ2v) is 9.05. The van der Waals surface area contributed by atoms with Crippen LogP contribution < -0.4 is 20.1 Å². The van der Waals surface area contributed by atoms with Gasteiger partial charge < -0.3 is 29.8 Å². The number of H-pyrrole nitrogens is 1. The van der Waals surface area contributed by atoms with Crippen molar-refractivity contribution in [3.05, 3.63) is 89.1 Å². The van der Waals surface area contributed by atoms with E-state index in [1.807, 2.05) is 24.3 Å². The summed E-state index contributed by atoms with van der Waals surface area (Å²) in [7, 11) is 0. The number of aromatic amines is 1. The molecular formula is C28H24ClN3O6. The van der Waals surface area contributed by atoms with Crippen LogP contribution in [-0.4, -0.2) is 48.6 Å². The lowest BCUT2D eigenvalue weighted by Gasteiger charge is -2.19. The number of rotatable bonds is 8. The quantitative estimate of drug-likeness (QED) is 0.293. The highest BCUT2D eigenvalue weighted by molar-refractivity contribution is 6.30. The standard InChI is InChI=1S/C28H24ClN3O6/c29-19-7-5-17(6-8-19)27(34)32-23(13-18-15-30-22-4-2-1-3-21(18)22)28(35)38-16-26(33)31-20-9-10-24-25(14-20)37-12-11-36-24/h1-10,14-15,23,30H,11-13,16H2,(H,31,33)(H,32,34). The molecule has 1 aromatic heterocycles. The van der Waals surface area contributed by atoms with Crippen molar-refractivity contribution in [1.29, 1.82) is 0 Å². The molecule has 0 radical (unpaired) electrons. The smallest absolute Gasteiger partial charge is 0.329 e. The van der Waals surface area contributed by atoms with Gasteiger partial charge in [-0.25, -0.2) is 4.79 Å². The summed E-state index contributed by atoms with van der Waals surface area (Å²) in [6.07, 6.45) is 1.94. The van der Waals surface area contributed by atoms with Crippen LogP contribution in [0.4, 0.5) is 5.69 Å². The monoisotopic (exact) mass is 533 g/mol. The number of aromatic nitrogens is 1. The number of anilines is 1. The minimum atomic E-state index is -1.04. The molecule has 10 heteroatoms. The van der Waals surface area contributed by atoms with E-state index in [4.69, 9.17) is 25.8 Å². The first kappa shape index (κ1) is 25.2. The number of ether oxygens (including phenoxy) is 3. The molecule has 1 aliphatic heterocycles. The number of fused-ring (bicyclic) bond motifs is 2. The number of hydrogen-bond donors (Lipinski definition) is 3. The molecule has 0 fully saturated rings. The number of esters is 1. The molecule has 2 amide bonds. The summed E-state index contributed by atoms with van der Waals surface area (Å²) in [6, 6.07) is 17.9. The zero-order valence-electron chi connectivity index (χ0n) is 20.2. The lowest BCUT2D eigenvalue weighted by molar-refractivity contribution is -0.149. The van der Waals surface area contributed by atoms with Gasteiger partial charge in [0.05, 0.1) is 0 Å². The summed E-state index contributed by atoms with van der Waals surface area (Å²) in [5.41, 5.74) is 2.53. The molecule has 194 valence electrons. The van der Waals surface area contributed by atoms with Crippen LogP contribution in [0.1, 0.15) is 15.9 Å². The Morgan fingerprint density at radius 2 is 1.74 bits per heavy atom. The Labute approximate surface area is 223 Å². The first-order chi connectivity index (χ1) is 18.5. The van der Waals surface area contributed by atoms with Crippen molar-refractivity contribution < 1.29 is 28.6 Å². The highest BCUT2D eigenvalue weighted by Gasteiger charge is 2.25. The largest absolute Gasteiger partial charge is 0.486 e. The fourth-order valence-electron chi connectivity index (χ4n) is 4.11. The second-order valence-electron chi connectivity index (χ2n) is 8.61. The third kappa shape index (κ3) is 5.90. The molecular weight excluding hydrogens is 510 g/mol. The number of para-hydroxylation sites is 1. The Morgan fingerprint density at radius 3 is 2.55 bits per heavy atom. The number of benzene rings is 3. The van der Waals surface area contributed by atoms with Gasteiger partial charge in [-0.15, -0.1) is 0 Å². The summed E-state index contributed by atoms with van der Waals surface area (Å²) < 4.78 is 16.3. The molecule has 0 aliphatic carbocycles. The Kier molecular flexibility index (Phi) is 7.46. The van der Waals surface area contributed by atoms with E-state index in [0.717, 1.165) is 16.5 Å². The number of halogens is 1. The molecule has 1 aliphatic rings. The summed E-state index contributed by atoms with van der Waals surface area (Å²) >= 11 is 5.93. The minimum absolute atomic E-state index is 0.159. The van der Waals surface area contributed by atoms with Crippen LogP contribution >= 0.6 is 11.6 Å². The van der Waals surface area contributed by atoms with Gasteiger partial charge in [-0.3, -0.25) is 9.59 Å². The molecule has 5 rings (SSSR count). The normalized spacial score (nSPS) is 13.0. The lowest BCUT2D eigenvalue weighted by Crippen LogP contribution is -2.44. The second kappa shape index (κ2) is 11.3. The van der Waals surface area contributed by atoms with Crippen molar-refractivity contribution in [3.63, 3.8) is 0 Å². The Bertz CT molecular complexity index is 1480. The highest BCUT2D eigenvalue weighted by atomic mass is 35.5. The van der Waals surface area contributed by atoms with Crippen LogP contribution in [0.5, 0.6) is 11.5 Å². The SMILES string of the molecule is O=C(COC(=O)C(Cc1c[nH]c2ccccc12)NC(=O)c1ccc(Cl)cc1)Nc1ccc2c(c1)OCCO2. The van der Waals surface area contributed by atoms with Crippen LogP contribution in [-0.2, 0) is 20.7 Å². The molecule has 9 nitrogen and oxygen atoms in total. The first-order valence-corrected chi connectivity index (χ1v) is 12.3. The van der Waals surface area contributed by atoms with E-state index < -0.39 is 30.4 Å². The van der Waals surface area contributed by atoms with Crippen molar-refractivity contribution >= 4 is 46.0 Å². The van der Waals surface area contributed by atoms with Gasteiger partial charge in [0.2, 0.25) is 0 Å². The van der Waals surface area contributed by atoms with E-state index in [0.29, 0.717) is 41.0 Å². The van der Waals surface area contributed by atoms with Crippen LogP contribution in [0.25, 0.3) is 10.9 Å². The van der Waals surface area contributed by atoms with Gasteiger partial charge in [0.25, 0.3) is 11.8 Å². The topological polar surface area (TPSA) is 119 Å². The Morgan fingerprint density at radius 1 is 0.974 bits per heavy atom. The van der Waals surface area contributed by atoms with Gasteiger partial charge >= 0.3 is 5.97 Å². The molecule has 2 heterocycles. The van der Waals surface area contributed by atoms with E-state index >= 15 is 0 Å². The molecule has 38 heavy (non-hydrogen) atoms.